The molecule has 1 fully saturated rings. The van der Waals surface area contributed by atoms with Crippen LogP contribution in [0.1, 0.15) is 22.7 Å². The van der Waals surface area contributed by atoms with Crippen molar-refractivity contribution in [1.82, 2.24) is 29.5 Å². The van der Waals surface area contributed by atoms with Crippen molar-refractivity contribution in [1.29, 1.82) is 0 Å². The Bertz CT molecular complexity index is 1130. The first-order valence-corrected chi connectivity index (χ1v) is 11.6. The van der Waals surface area contributed by atoms with E-state index in [4.69, 9.17) is 4.52 Å². The molecule has 0 saturated carbocycles. The molecule has 3 aromatic heterocycles. The smallest absolute Gasteiger partial charge is 0.253 e. The number of piperazine rings is 1. The number of nitrogens with zero attached hydrogens (tertiary/aromatic N) is 6. The second-order valence-corrected chi connectivity index (χ2v) is 8.69. The number of benzene rings is 1. The van der Waals surface area contributed by atoms with E-state index in [0.717, 1.165) is 61.7 Å². The van der Waals surface area contributed by atoms with Crippen LogP contribution in [0.5, 0.6) is 0 Å². The Morgan fingerprint density at radius 2 is 1.94 bits per heavy atom. The molecule has 1 amide bonds. The lowest BCUT2D eigenvalue weighted by Crippen LogP contribution is -2.48. The maximum atomic E-state index is 12.9. The van der Waals surface area contributed by atoms with E-state index < -0.39 is 0 Å². The molecule has 0 bridgehead atoms. The van der Waals surface area contributed by atoms with Crippen molar-refractivity contribution >= 4 is 17.2 Å². The maximum absolute atomic E-state index is 12.9. The van der Waals surface area contributed by atoms with E-state index in [1.165, 1.54) is 0 Å². The third-order valence-electron chi connectivity index (χ3n) is 5.65. The molecule has 1 aromatic carbocycles. The molecule has 1 aliphatic rings. The van der Waals surface area contributed by atoms with Crippen molar-refractivity contribution in [2.75, 3.05) is 32.7 Å². The number of hydrogen-bond acceptors (Lipinski definition) is 7. The Labute approximate surface area is 190 Å². The summed E-state index contributed by atoms with van der Waals surface area (Å²) >= 11 is 1.61. The second-order valence-electron chi connectivity index (χ2n) is 7.74. The van der Waals surface area contributed by atoms with E-state index in [9.17, 15) is 4.79 Å². The summed E-state index contributed by atoms with van der Waals surface area (Å²) in [6, 6.07) is 11.7. The number of carbonyl (C=O) groups is 1. The molecule has 8 nitrogen and oxygen atoms in total. The van der Waals surface area contributed by atoms with Crippen LogP contribution in [0.2, 0.25) is 0 Å². The third-order valence-corrected chi connectivity index (χ3v) is 6.52. The van der Waals surface area contributed by atoms with Crippen LogP contribution in [0.3, 0.4) is 0 Å². The molecule has 4 aromatic rings. The quantitative estimate of drug-likeness (QED) is 0.431. The highest BCUT2D eigenvalue weighted by molar-refractivity contribution is 7.13. The minimum absolute atomic E-state index is 0.0915. The van der Waals surface area contributed by atoms with Crippen molar-refractivity contribution in [3.63, 3.8) is 0 Å². The van der Waals surface area contributed by atoms with Gasteiger partial charge in [-0.3, -0.25) is 9.69 Å². The van der Waals surface area contributed by atoms with Crippen LogP contribution in [-0.4, -0.2) is 68.1 Å². The molecule has 1 saturated heterocycles. The topological polar surface area (TPSA) is 80.3 Å². The fourth-order valence-electron chi connectivity index (χ4n) is 3.86. The standard InChI is InChI=1S/C23H24N6O2S/c30-23(18-5-7-19(8-6-18)29-11-9-24-17-29)28-14-12-27(13-15-28)10-1-4-21-25-22(26-31-21)20-3-2-16-32-20/h2-3,5-9,11,16-17H,1,4,10,12-15H2. The van der Waals surface area contributed by atoms with Gasteiger partial charge in [0.2, 0.25) is 11.7 Å². The average Bonchev–Trinajstić information content (AvgIpc) is 3.62. The zero-order valence-electron chi connectivity index (χ0n) is 17.6. The van der Waals surface area contributed by atoms with Gasteiger partial charge in [-0.25, -0.2) is 4.98 Å². The van der Waals surface area contributed by atoms with Gasteiger partial charge in [-0.1, -0.05) is 11.2 Å². The monoisotopic (exact) mass is 448 g/mol. The SMILES string of the molecule is O=C(c1ccc(-n2ccnc2)cc1)N1CCN(CCCc2nc(-c3cccs3)no2)CC1. The van der Waals surface area contributed by atoms with Crippen LogP contribution >= 0.6 is 11.3 Å². The molecule has 0 aliphatic carbocycles. The molecule has 0 atom stereocenters. The van der Waals surface area contributed by atoms with Gasteiger partial charge < -0.3 is 14.0 Å². The average molecular weight is 449 g/mol. The van der Waals surface area contributed by atoms with Gasteiger partial charge in [0.25, 0.3) is 5.91 Å². The second kappa shape index (κ2) is 9.46. The molecule has 1 aliphatic heterocycles. The molecular formula is C23H24N6O2S. The number of carbonyl (C=O) groups excluding carboxylic acids is 1. The first-order chi connectivity index (χ1) is 15.8. The highest BCUT2D eigenvalue weighted by Crippen LogP contribution is 2.21. The predicted octanol–water partition coefficient (Wildman–Crippen LogP) is 3.37. The maximum Gasteiger partial charge on any atom is 0.253 e. The van der Waals surface area contributed by atoms with Crippen molar-refractivity contribution in [2.45, 2.75) is 12.8 Å². The Hall–Kier alpha value is -3.30. The van der Waals surface area contributed by atoms with Crippen LogP contribution < -0.4 is 0 Å². The Balaban J connectivity index is 1.07. The summed E-state index contributed by atoms with van der Waals surface area (Å²) in [7, 11) is 0. The fraction of sp³-hybridized carbons (Fsp3) is 0.304. The summed E-state index contributed by atoms with van der Waals surface area (Å²) in [4.78, 5) is 26.8. The van der Waals surface area contributed by atoms with E-state index in [2.05, 4.69) is 20.0 Å². The van der Waals surface area contributed by atoms with Crippen LogP contribution in [0.15, 0.2) is 65.0 Å². The predicted molar refractivity (Wildman–Crippen MR) is 122 cm³/mol. The third kappa shape index (κ3) is 4.63. The fourth-order valence-corrected chi connectivity index (χ4v) is 4.51. The summed E-state index contributed by atoms with van der Waals surface area (Å²) < 4.78 is 7.30. The molecule has 5 rings (SSSR count). The lowest BCUT2D eigenvalue weighted by molar-refractivity contribution is 0.0635. The van der Waals surface area contributed by atoms with Gasteiger partial charge in [0, 0.05) is 56.2 Å². The van der Waals surface area contributed by atoms with Crippen LogP contribution in [0.25, 0.3) is 16.4 Å². The van der Waals surface area contributed by atoms with E-state index in [-0.39, 0.29) is 5.91 Å². The minimum Gasteiger partial charge on any atom is -0.339 e. The number of hydrogen-bond donors (Lipinski definition) is 0. The van der Waals surface area contributed by atoms with Crippen LogP contribution in [0, 0.1) is 0 Å². The Morgan fingerprint density at radius 1 is 1.09 bits per heavy atom. The van der Waals surface area contributed by atoms with Crippen molar-refractivity contribution in [3.05, 3.63) is 72.0 Å². The molecular weight excluding hydrogens is 424 g/mol. The molecule has 32 heavy (non-hydrogen) atoms. The first kappa shape index (κ1) is 20.6. The molecule has 0 unspecified atom stereocenters. The molecule has 0 N–H and O–H groups in total. The van der Waals surface area contributed by atoms with Crippen molar-refractivity contribution in [3.8, 4) is 16.4 Å². The van der Waals surface area contributed by atoms with Gasteiger partial charge in [0.1, 0.15) is 0 Å². The zero-order valence-corrected chi connectivity index (χ0v) is 18.4. The van der Waals surface area contributed by atoms with Crippen LogP contribution in [0.4, 0.5) is 0 Å². The van der Waals surface area contributed by atoms with Crippen LogP contribution in [-0.2, 0) is 6.42 Å². The van der Waals surface area contributed by atoms with Gasteiger partial charge in [0.05, 0.1) is 11.2 Å². The Kier molecular flexibility index (Phi) is 6.09. The van der Waals surface area contributed by atoms with Crippen molar-refractivity contribution < 1.29 is 9.32 Å². The van der Waals surface area contributed by atoms with Gasteiger partial charge in [-0.2, -0.15) is 4.98 Å². The van der Waals surface area contributed by atoms with Crippen molar-refractivity contribution in [2.24, 2.45) is 0 Å². The molecule has 0 radical (unpaired) electrons. The first-order valence-electron chi connectivity index (χ1n) is 10.7. The summed E-state index contributed by atoms with van der Waals surface area (Å²) in [5.41, 5.74) is 1.72. The van der Waals surface area contributed by atoms with Gasteiger partial charge in [-0.15, -0.1) is 11.3 Å². The lowest BCUT2D eigenvalue weighted by Gasteiger charge is -2.34. The van der Waals surface area contributed by atoms with Gasteiger partial charge in [-0.05, 0) is 48.7 Å². The number of aromatic nitrogens is 4. The van der Waals surface area contributed by atoms with E-state index in [0.29, 0.717) is 11.7 Å². The normalized spacial score (nSPS) is 14.7. The summed E-state index contributed by atoms with van der Waals surface area (Å²) in [5.74, 6) is 1.44. The number of amides is 1. The number of thiophene rings is 1. The van der Waals surface area contributed by atoms with Gasteiger partial charge in [0.15, 0.2) is 0 Å². The highest BCUT2D eigenvalue weighted by Gasteiger charge is 2.22. The lowest BCUT2D eigenvalue weighted by atomic mass is 10.1. The number of imidazole rings is 1. The largest absolute Gasteiger partial charge is 0.339 e. The molecule has 164 valence electrons. The molecule has 0 spiro atoms. The number of aryl methyl sites for hydroxylation is 1. The van der Waals surface area contributed by atoms with E-state index >= 15 is 0 Å². The summed E-state index contributed by atoms with van der Waals surface area (Å²) in [5, 5.41) is 6.07. The van der Waals surface area contributed by atoms with E-state index in [1.807, 2.05) is 57.4 Å². The number of rotatable bonds is 7. The Morgan fingerprint density at radius 3 is 2.66 bits per heavy atom. The summed E-state index contributed by atoms with van der Waals surface area (Å²) in [6.07, 6.45) is 7.09. The van der Waals surface area contributed by atoms with E-state index in [1.54, 1.807) is 23.9 Å². The molecule has 4 heterocycles. The summed E-state index contributed by atoms with van der Waals surface area (Å²) in [6.45, 7) is 4.20. The van der Waals surface area contributed by atoms with Gasteiger partial charge >= 0.3 is 0 Å². The highest BCUT2D eigenvalue weighted by atomic mass is 32.1. The minimum atomic E-state index is 0.0915. The molecule has 9 heteroatoms. The zero-order chi connectivity index (χ0) is 21.8.